The monoisotopic (exact) mass is 194 g/mol. The third-order valence-electron chi connectivity index (χ3n) is 1.85. The molecule has 0 bridgehead atoms. The van der Waals surface area contributed by atoms with Crippen LogP contribution in [-0.2, 0) is 4.79 Å². The van der Waals surface area contributed by atoms with Crippen LogP contribution in [0.25, 0.3) is 0 Å². The topological polar surface area (TPSA) is 80.9 Å². The van der Waals surface area contributed by atoms with Gasteiger partial charge in [0.2, 0.25) is 5.91 Å². The van der Waals surface area contributed by atoms with E-state index in [0.29, 0.717) is 5.82 Å². The summed E-state index contributed by atoms with van der Waals surface area (Å²) >= 11 is 0. The van der Waals surface area contributed by atoms with E-state index in [0.717, 1.165) is 0 Å². The van der Waals surface area contributed by atoms with Crippen molar-refractivity contribution in [3.8, 4) is 0 Å². The lowest BCUT2D eigenvalue weighted by Gasteiger charge is -2.18. The average Bonchev–Trinajstić information content (AvgIpc) is 2.15. The molecule has 0 radical (unpaired) electrons. The first kappa shape index (κ1) is 10.4. The molecule has 1 heterocycles. The van der Waals surface area contributed by atoms with Crippen LogP contribution in [0.1, 0.15) is 13.8 Å². The molecule has 1 amide bonds. The first-order chi connectivity index (χ1) is 6.61. The average molecular weight is 194 g/mol. The van der Waals surface area contributed by atoms with Crippen molar-refractivity contribution in [1.29, 1.82) is 0 Å². The van der Waals surface area contributed by atoms with Crippen LogP contribution < -0.4 is 11.1 Å². The maximum absolute atomic E-state index is 11.1. The molecule has 14 heavy (non-hydrogen) atoms. The Morgan fingerprint density at radius 3 is 2.71 bits per heavy atom. The molecule has 0 saturated carbocycles. The molecule has 3 N–H and O–H groups in total. The number of aromatic nitrogens is 2. The highest BCUT2D eigenvalue weighted by molar-refractivity contribution is 5.82. The summed E-state index contributed by atoms with van der Waals surface area (Å²) in [7, 11) is 0. The smallest absolute Gasteiger partial charge is 0.240 e. The van der Waals surface area contributed by atoms with Crippen molar-refractivity contribution in [3.05, 3.63) is 18.3 Å². The van der Waals surface area contributed by atoms with E-state index in [4.69, 9.17) is 5.73 Å². The van der Waals surface area contributed by atoms with Gasteiger partial charge in [-0.1, -0.05) is 13.8 Å². The summed E-state index contributed by atoms with van der Waals surface area (Å²) in [6, 6.07) is 3.07. The molecule has 0 aromatic carbocycles. The minimum Gasteiger partial charge on any atom is -0.368 e. The molecule has 0 aliphatic heterocycles. The molecule has 76 valence electrons. The molecule has 0 spiro atoms. The van der Waals surface area contributed by atoms with Gasteiger partial charge >= 0.3 is 0 Å². The van der Waals surface area contributed by atoms with Crippen LogP contribution in [0.3, 0.4) is 0 Å². The molecule has 5 nitrogen and oxygen atoms in total. The Balaban J connectivity index is 2.70. The van der Waals surface area contributed by atoms with Crippen LogP contribution in [0.4, 0.5) is 5.82 Å². The van der Waals surface area contributed by atoms with E-state index in [1.807, 2.05) is 13.8 Å². The van der Waals surface area contributed by atoms with E-state index < -0.39 is 6.04 Å². The van der Waals surface area contributed by atoms with Gasteiger partial charge in [-0.2, -0.15) is 5.10 Å². The summed E-state index contributed by atoms with van der Waals surface area (Å²) in [5.41, 5.74) is 5.24. The fraction of sp³-hybridized carbons (Fsp3) is 0.444. The number of rotatable bonds is 4. The molecule has 1 aromatic rings. The highest BCUT2D eigenvalue weighted by Crippen LogP contribution is 2.08. The number of nitrogens with two attached hydrogens (primary N) is 1. The van der Waals surface area contributed by atoms with E-state index in [9.17, 15) is 4.79 Å². The number of primary amides is 1. The van der Waals surface area contributed by atoms with Crippen molar-refractivity contribution < 1.29 is 4.79 Å². The van der Waals surface area contributed by atoms with Crippen LogP contribution in [-0.4, -0.2) is 22.1 Å². The van der Waals surface area contributed by atoms with E-state index in [-0.39, 0.29) is 11.8 Å². The lowest BCUT2D eigenvalue weighted by Crippen LogP contribution is -2.39. The zero-order valence-corrected chi connectivity index (χ0v) is 8.27. The van der Waals surface area contributed by atoms with Crippen LogP contribution in [0.5, 0.6) is 0 Å². The van der Waals surface area contributed by atoms with Crippen LogP contribution in [0.2, 0.25) is 0 Å². The lowest BCUT2D eigenvalue weighted by atomic mass is 10.0. The van der Waals surface area contributed by atoms with Gasteiger partial charge in [-0.05, 0) is 18.1 Å². The minimum absolute atomic E-state index is 0.120. The van der Waals surface area contributed by atoms with Crippen LogP contribution in [0, 0.1) is 5.92 Å². The molecule has 1 rings (SSSR count). The zero-order chi connectivity index (χ0) is 10.6. The first-order valence-electron chi connectivity index (χ1n) is 4.45. The molecule has 0 fully saturated rings. The van der Waals surface area contributed by atoms with E-state index in [2.05, 4.69) is 15.5 Å². The van der Waals surface area contributed by atoms with Gasteiger partial charge in [0, 0.05) is 6.20 Å². The second kappa shape index (κ2) is 4.55. The molecule has 0 aliphatic rings. The number of nitrogens with one attached hydrogen (secondary N) is 1. The number of nitrogens with zero attached hydrogens (tertiary/aromatic N) is 2. The molecule has 1 unspecified atom stereocenters. The standard InChI is InChI=1S/C9H14N4O/c1-6(2)8(9(10)14)12-7-4-3-5-11-13-7/h3-6,8H,1-2H3,(H2,10,14)(H,12,13). The van der Waals surface area contributed by atoms with Gasteiger partial charge in [-0.25, -0.2) is 0 Å². The minimum atomic E-state index is -0.410. The number of amides is 1. The Kier molecular flexibility index (Phi) is 3.39. The quantitative estimate of drug-likeness (QED) is 0.727. The lowest BCUT2D eigenvalue weighted by molar-refractivity contribution is -0.119. The normalized spacial score (nSPS) is 12.5. The Hall–Kier alpha value is -1.65. The van der Waals surface area contributed by atoms with Gasteiger partial charge in [-0.15, -0.1) is 5.10 Å². The van der Waals surface area contributed by atoms with Gasteiger partial charge in [0.15, 0.2) is 0 Å². The molecule has 5 heteroatoms. The number of carbonyl (C=O) groups excluding carboxylic acids is 1. The van der Waals surface area contributed by atoms with Crippen molar-refractivity contribution in [2.45, 2.75) is 19.9 Å². The number of hydrogen-bond donors (Lipinski definition) is 2. The maximum Gasteiger partial charge on any atom is 0.240 e. The molecular formula is C9H14N4O. The van der Waals surface area contributed by atoms with Gasteiger partial charge < -0.3 is 11.1 Å². The van der Waals surface area contributed by atoms with E-state index in [1.165, 1.54) is 0 Å². The predicted octanol–water partition coefficient (Wildman–Crippen LogP) is 0.398. The van der Waals surface area contributed by atoms with Crippen molar-refractivity contribution in [2.75, 3.05) is 5.32 Å². The molecule has 0 saturated heterocycles. The summed E-state index contributed by atoms with van der Waals surface area (Å²) in [6.45, 7) is 3.83. The van der Waals surface area contributed by atoms with Gasteiger partial charge in [0.25, 0.3) is 0 Å². The first-order valence-corrected chi connectivity index (χ1v) is 4.45. The molecule has 0 aliphatic carbocycles. The Morgan fingerprint density at radius 2 is 2.29 bits per heavy atom. The maximum atomic E-state index is 11.1. The second-order valence-corrected chi connectivity index (χ2v) is 3.38. The summed E-state index contributed by atoms with van der Waals surface area (Å²) in [5, 5.41) is 10.4. The summed E-state index contributed by atoms with van der Waals surface area (Å²) in [5.74, 6) is 0.296. The van der Waals surface area contributed by atoms with Crippen LogP contribution in [0.15, 0.2) is 18.3 Å². The van der Waals surface area contributed by atoms with Crippen molar-refractivity contribution in [3.63, 3.8) is 0 Å². The highest BCUT2D eigenvalue weighted by Gasteiger charge is 2.19. The number of carbonyl (C=O) groups is 1. The fourth-order valence-electron chi connectivity index (χ4n) is 1.10. The largest absolute Gasteiger partial charge is 0.368 e. The predicted molar refractivity (Wildman–Crippen MR) is 53.5 cm³/mol. The van der Waals surface area contributed by atoms with Crippen molar-refractivity contribution in [2.24, 2.45) is 11.7 Å². The van der Waals surface area contributed by atoms with Crippen molar-refractivity contribution in [1.82, 2.24) is 10.2 Å². The Bertz CT molecular complexity index is 299. The number of anilines is 1. The summed E-state index contributed by atoms with van der Waals surface area (Å²) in [4.78, 5) is 11.1. The third-order valence-corrected chi connectivity index (χ3v) is 1.85. The molecular weight excluding hydrogens is 180 g/mol. The van der Waals surface area contributed by atoms with Gasteiger partial charge in [0.05, 0.1) is 0 Å². The zero-order valence-electron chi connectivity index (χ0n) is 8.27. The molecule has 1 atom stereocenters. The summed E-state index contributed by atoms with van der Waals surface area (Å²) < 4.78 is 0. The Labute approximate surface area is 82.7 Å². The SMILES string of the molecule is CC(C)C(Nc1cccnn1)C(N)=O. The number of hydrogen-bond acceptors (Lipinski definition) is 4. The van der Waals surface area contributed by atoms with E-state index >= 15 is 0 Å². The summed E-state index contributed by atoms with van der Waals surface area (Å²) in [6.07, 6.45) is 1.57. The highest BCUT2D eigenvalue weighted by atomic mass is 16.1. The Morgan fingerprint density at radius 1 is 1.57 bits per heavy atom. The van der Waals surface area contributed by atoms with Crippen molar-refractivity contribution >= 4 is 11.7 Å². The van der Waals surface area contributed by atoms with E-state index in [1.54, 1.807) is 18.3 Å². The third kappa shape index (κ3) is 2.69. The van der Waals surface area contributed by atoms with Crippen LogP contribution >= 0.6 is 0 Å². The van der Waals surface area contributed by atoms with Gasteiger partial charge in [0.1, 0.15) is 11.9 Å². The fourth-order valence-corrected chi connectivity index (χ4v) is 1.10. The molecule has 1 aromatic heterocycles. The van der Waals surface area contributed by atoms with Gasteiger partial charge in [-0.3, -0.25) is 4.79 Å². The second-order valence-electron chi connectivity index (χ2n) is 3.38.